The van der Waals surface area contributed by atoms with Gasteiger partial charge in [0.15, 0.2) is 14.0 Å². The van der Waals surface area contributed by atoms with E-state index in [9.17, 15) is 33.6 Å². The fraction of sp³-hybridized carbons (Fsp3) is 0.444. The number of nitrogens with zero attached hydrogens (tertiary/aromatic N) is 2. The molecule has 4 heterocycles. The molecule has 1 saturated heterocycles. The first-order valence-electron chi connectivity index (χ1n) is 24.6. The summed E-state index contributed by atoms with van der Waals surface area (Å²) >= 11 is 0. The van der Waals surface area contributed by atoms with Crippen LogP contribution >= 0.6 is 8.38 Å². The maximum atomic E-state index is 13.7. The van der Waals surface area contributed by atoms with Gasteiger partial charge in [0, 0.05) is 72.8 Å². The maximum absolute atomic E-state index is 13.7. The number of aromatic nitrogens is 2. The molecule has 74 heavy (non-hydrogen) atoms. The largest absolute Gasteiger partial charge is 0.456 e. The molecule has 1 spiro atoms. The molecule has 0 aliphatic carbocycles. The first-order chi connectivity index (χ1) is 35.1. The summed E-state index contributed by atoms with van der Waals surface area (Å²) in [5.41, 5.74) is -2.67. The highest BCUT2D eigenvalue weighted by Gasteiger charge is 2.54. The predicted molar refractivity (Wildman–Crippen MR) is 272 cm³/mol. The Morgan fingerprint density at radius 2 is 1.49 bits per heavy atom. The molecule has 3 aliphatic heterocycles. The van der Waals surface area contributed by atoms with Gasteiger partial charge in [0.05, 0.1) is 53.3 Å². The minimum absolute atomic E-state index is 0.0902. The van der Waals surface area contributed by atoms with Gasteiger partial charge in [-0.3, -0.25) is 33.5 Å². The fourth-order valence-corrected chi connectivity index (χ4v) is 9.45. The van der Waals surface area contributed by atoms with Crippen LogP contribution in [0.3, 0.4) is 0 Å². The van der Waals surface area contributed by atoms with Gasteiger partial charge in [-0.1, -0.05) is 19.8 Å². The first kappa shape index (κ1) is 54.8. The number of fused-ring (bicyclic) bond motifs is 6. The number of amides is 2. The average molecular weight is 1040 g/mol. The van der Waals surface area contributed by atoms with E-state index in [1.807, 2.05) is 13.0 Å². The molecule has 3 aromatic carbocycles. The van der Waals surface area contributed by atoms with Gasteiger partial charge in [0.2, 0.25) is 5.91 Å². The van der Waals surface area contributed by atoms with Crippen molar-refractivity contribution >= 4 is 44.2 Å². The van der Waals surface area contributed by atoms with Crippen LogP contribution in [0.25, 0.3) is 6.08 Å². The lowest BCUT2D eigenvalue weighted by Crippen LogP contribution is -2.33. The molecule has 0 saturated carbocycles. The Labute approximate surface area is 429 Å². The van der Waals surface area contributed by atoms with Gasteiger partial charge in [-0.2, -0.15) is 5.26 Å². The van der Waals surface area contributed by atoms with Crippen LogP contribution in [-0.4, -0.2) is 77.8 Å². The Morgan fingerprint density at radius 1 is 0.865 bits per heavy atom. The number of rotatable bonds is 19. The third-order valence-electron chi connectivity index (χ3n) is 12.4. The number of hydrogen-bond donors (Lipinski definition) is 3. The number of carbonyl (C=O) groups is 5. The summed E-state index contributed by atoms with van der Waals surface area (Å²) in [7, 11) is -1.28. The lowest BCUT2D eigenvalue weighted by Gasteiger charge is -2.37. The van der Waals surface area contributed by atoms with Gasteiger partial charge < -0.3 is 43.4 Å². The Balaban J connectivity index is 0.940. The van der Waals surface area contributed by atoms with Gasteiger partial charge in [0.1, 0.15) is 29.2 Å². The van der Waals surface area contributed by atoms with Crippen molar-refractivity contribution in [1.29, 1.82) is 5.26 Å². The van der Waals surface area contributed by atoms with Crippen LogP contribution < -0.4 is 36.1 Å². The van der Waals surface area contributed by atoms with Crippen LogP contribution in [0.1, 0.15) is 143 Å². The highest BCUT2D eigenvalue weighted by Crippen LogP contribution is 2.57. The lowest BCUT2D eigenvalue weighted by molar-refractivity contribution is -0.143. The molecule has 1 aromatic heterocycles. The number of hydrogen-bond acceptors (Lipinski definition) is 15. The zero-order valence-corrected chi connectivity index (χ0v) is 43.7. The molecule has 3 N–H and O–H groups in total. The molecule has 4 atom stereocenters. The van der Waals surface area contributed by atoms with Crippen molar-refractivity contribution in [1.82, 2.24) is 20.2 Å². The number of aromatic amines is 1. The number of nitriles is 1. The molecular weight excluding hydrogens is 974 g/mol. The van der Waals surface area contributed by atoms with Crippen molar-refractivity contribution in [2.24, 2.45) is 10.8 Å². The van der Waals surface area contributed by atoms with E-state index in [1.54, 1.807) is 90.7 Å². The Hall–Kier alpha value is -6.97. The monoisotopic (exact) mass is 1040 g/mol. The van der Waals surface area contributed by atoms with E-state index in [2.05, 4.69) is 15.6 Å². The fourth-order valence-electron chi connectivity index (χ4n) is 8.43. The summed E-state index contributed by atoms with van der Waals surface area (Å²) in [6.07, 6.45) is 6.48. The molecule has 392 valence electrons. The van der Waals surface area contributed by atoms with Crippen molar-refractivity contribution in [2.45, 2.75) is 117 Å². The number of benzene rings is 3. The minimum Gasteiger partial charge on any atom is -0.456 e. The van der Waals surface area contributed by atoms with Crippen molar-refractivity contribution in [3.05, 3.63) is 121 Å². The molecule has 3 aliphatic rings. The summed E-state index contributed by atoms with van der Waals surface area (Å²) in [6, 6.07) is 16.3. The Morgan fingerprint density at radius 3 is 2.08 bits per heavy atom. The number of unbranched alkanes of at least 4 members (excludes halogenated alkanes) is 3. The smallest absolute Gasteiger partial charge is 0.340 e. The normalized spacial score (nSPS) is 17.8. The highest BCUT2D eigenvalue weighted by molar-refractivity contribution is 7.46. The van der Waals surface area contributed by atoms with E-state index in [0.717, 1.165) is 12.8 Å². The average Bonchev–Trinajstić information content (AvgIpc) is 3.88. The Kier molecular flexibility index (Phi) is 17.1. The molecule has 20 heteroatoms. The zero-order chi connectivity index (χ0) is 53.5. The number of ether oxygens (including phenoxy) is 5. The lowest BCUT2D eigenvalue weighted by atomic mass is 9.77. The molecule has 2 amide bonds. The van der Waals surface area contributed by atoms with Crippen LogP contribution in [-0.2, 0) is 38.5 Å². The quantitative estimate of drug-likeness (QED) is 0.0264. The van der Waals surface area contributed by atoms with E-state index in [4.69, 9.17) is 38.0 Å². The van der Waals surface area contributed by atoms with Crippen LogP contribution in [0.2, 0.25) is 0 Å². The molecule has 1 fully saturated rings. The van der Waals surface area contributed by atoms with E-state index in [-0.39, 0.29) is 70.8 Å². The van der Waals surface area contributed by atoms with Crippen LogP contribution in [0, 0.1) is 22.2 Å². The summed E-state index contributed by atoms with van der Waals surface area (Å²) in [4.78, 5) is 93.6. The second-order valence-corrected chi connectivity index (χ2v) is 21.5. The molecule has 19 nitrogen and oxygen atoms in total. The van der Waals surface area contributed by atoms with Gasteiger partial charge in [0.25, 0.3) is 11.5 Å². The maximum Gasteiger partial charge on any atom is 0.340 e. The van der Waals surface area contributed by atoms with Crippen LogP contribution in [0.15, 0.2) is 76.5 Å². The molecule has 0 bridgehead atoms. The molecular formula is C54H62N5O14P. The van der Waals surface area contributed by atoms with Gasteiger partial charge in [-0.25, -0.2) is 9.59 Å². The molecule has 0 radical (unpaired) electrons. The summed E-state index contributed by atoms with van der Waals surface area (Å²) < 4.78 is 43.1. The van der Waals surface area contributed by atoms with E-state index in [0.29, 0.717) is 55.5 Å². The summed E-state index contributed by atoms with van der Waals surface area (Å²) in [5, 5.41) is 14.5. The van der Waals surface area contributed by atoms with Crippen molar-refractivity contribution < 1.29 is 56.7 Å². The van der Waals surface area contributed by atoms with E-state index < -0.39 is 66.1 Å². The molecule has 7 rings (SSSR count). The van der Waals surface area contributed by atoms with Crippen molar-refractivity contribution in [3.8, 4) is 29.1 Å². The van der Waals surface area contributed by atoms with Crippen molar-refractivity contribution in [3.63, 3.8) is 0 Å². The van der Waals surface area contributed by atoms with E-state index >= 15 is 0 Å². The number of esters is 3. The summed E-state index contributed by atoms with van der Waals surface area (Å²) in [5.74, 6) is -1.55. The standard InChI is InChI=1S/C54H62N5O14P/c1-9-40-43(73-74(8)67-26-14-23-55)30-45(71-40)59-31-33(47(62)58-51(59)66)16-22-44(60)56-24-12-10-11-13-25-57-46(61)32-15-19-36-39(27-32)54(72-48(36)63)37-20-17-34(68-49(64)52(2,3)4)28-41(37)70-42-29-35(18-21-38(42)54)69-50(65)53(5,6)7/h15-22,27-29,31,40,43,45H,9-14,24-26,30H2,1-8H3,(H,56,60)(H,57,61)(H,58,62,66)/b22-16+/t40-,43-,45-,74?/m1/s1. The third-order valence-corrected chi connectivity index (χ3v) is 13.5. The first-order valence-corrected chi connectivity index (χ1v) is 26.2. The molecule has 4 aromatic rings. The second kappa shape index (κ2) is 23.1. The zero-order valence-electron chi connectivity index (χ0n) is 42.8. The summed E-state index contributed by atoms with van der Waals surface area (Å²) in [6.45, 7) is 15.1. The Bertz CT molecular complexity index is 2920. The van der Waals surface area contributed by atoms with Crippen molar-refractivity contribution in [2.75, 3.05) is 26.4 Å². The minimum atomic E-state index is -1.60. The third kappa shape index (κ3) is 12.5. The number of H-pyrrole nitrogens is 1. The highest BCUT2D eigenvalue weighted by atomic mass is 31.2. The SMILES string of the molecule is CC[C@H]1O[C@@H](n2cc(/C=C/C(=O)NCCCCCCNC(=O)c3ccc4c(c3)C3(OC4=O)c4ccc(OC(=O)C(C)(C)C)cc4Oc4cc(OC(=O)C(C)(C)C)ccc43)c(=O)[nH]c2=O)C[C@H]1OP(C)OCCC#N. The predicted octanol–water partition coefficient (Wildman–Crippen LogP) is 8.08. The number of carbonyl (C=O) groups excluding carboxylic acids is 5. The number of nitrogens with one attached hydrogen (secondary N) is 3. The topological polar surface area (TPSA) is 253 Å². The van der Waals surface area contributed by atoms with Crippen LogP contribution in [0.5, 0.6) is 23.0 Å². The molecule has 1 unspecified atom stereocenters. The van der Waals surface area contributed by atoms with Gasteiger partial charge in [-0.05, 0) is 109 Å². The van der Waals surface area contributed by atoms with Gasteiger partial charge >= 0.3 is 23.6 Å². The van der Waals surface area contributed by atoms with Crippen LogP contribution in [0.4, 0.5) is 0 Å². The van der Waals surface area contributed by atoms with E-state index in [1.165, 1.54) is 35.0 Å². The second-order valence-electron chi connectivity index (χ2n) is 20.2. The van der Waals surface area contributed by atoms with Gasteiger partial charge in [-0.15, -0.1) is 0 Å².